The first-order chi connectivity index (χ1) is 11.7. The highest BCUT2D eigenvalue weighted by molar-refractivity contribution is 5.89. The minimum Gasteiger partial charge on any atom is -0.357 e. The van der Waals surface area contributed by atoms with E-state index >= 15 is 0 Å². The van der Waals surface area contributed by atoms with Gasteiger partial charge in [-0.2, -0.15) is 5.10 Å². The third-order valence-electron chi connectivity index (χ3n) is 4.09. The summed E-state index contributed by atoms with van der Waals surface area (Å²) < 4.78 is 28.3. The van der Waals surface area contributed by atoms with Gasteiger partial charge in [-0.3, -0.25) is 14.3 Å². The summed E-state index contributed by atoms with van der Waals surface area (Å²) in [5.41, 5.74) is 2.49. The molecule has 0 fully saturated rings. The molecule has 0 aliphatic carbocycles. The van der Waals surface area contributed by atoms with Crippen molar-refractivity contribution in [2.45, 2.75) is 26.3 Å². The van der Waals surface area contributed by atoms with Gasteiger partial charge in [-0.1, -0.05) is 6.07 Å². The predicted molar refractivity (Wildman–Crippen MR) is 87.7 cm³/mol. The SMILES string of the molecule is CNC(=O)C(NC(=O)Cc1c(C)nn(C)c1C)c1ccc(F)c(F)c1. The van der Waals surface area contributed by atoms with Gasteiger partial charge in [-0.15, -0.1) is 0 Å². The van der Waals surface area contributed by atoms with Crippen molar-refractivity contribution < 1.29 is 18.4 Å². The van der Waals surface area contributed by atoms with E-state index in [9.17, 15) is 18.4 Å². The quantitative estimate of drug-likeness (QED) is 0.857. The van der Waals surface area contributed by atoms with Gasteiger partial charge in [-0.25, -0.2) is 8.78 Å². The van der Waals surface area contributed by atoms with Crippen molar-refractivity contribution in [3.63, 3.8) is 0 Å². The van der Waals surface area contributed by atoms with Crippen LogP contribution < -0.4 is 10.6 Å². The lowest BCUT2D eigenvalue weighted by molar-refractivity contribution is -0.128. The second kappa shape index (κ2) is 7.42. The summed E-state index contributed by atoms with van der Waals surface area (Å²) in [5.74, 6) is -3.05. The van der Waals surface area contributed by atoms with Crippen LogP contribution in [0.4, 0.5) is 8.78 Å². The number of halogens is 2. The number of nitrogens with one attached hydrogen (secondary N) is 2. The van der Waals surface area contributed by atoms with E-state index in [1.165, 1.54) is 13.1 Å². The molecule has 134 valence electrons. The van der Waals surface area contributed by atoms with E-state index in [1.807, 2.05) is 6.92 Å². The maximum absolute atomic E-state index is 13.5. The highest BCUT2D eigenvalue weighted by Gasteiger charge is 2.24. The number of likely N-dealkylation sites (N-methyl/N-ethyl adjacent to an activating group) is 1. The molecule has 0 aliphatic rings. The lowest BCUT2D eigenvalue weighted by Crippen LogP contribution is -2.39. The second-order valence-electron chi connectivity index (χ2n) is 5.74. The molecule has 2 rings (SSSR count). The molecular formula is C17H20F2N4O2. The molecule has 0 aliphatic heterocycles. The molecule has 25 heavy (non-hydrogen) atoms. The fourth-order valence-corrected chi connectivity index (χ4v) is 2.58. The molecule has 0 saturated heterocycles. The van der Waals surface area contributed by atoms with Gasteiger partial charge in [0.25, 0.3) is 0 Å². The monoisotopic (exact) mass is 350 g/mol. The minimum atomic E-state index is -1.12. The van der Waals surface area contributed by atoms with Crippen molar-refractivity contribution in [1.29, 1.82) is 0 Å². The normalized spacial score (nSPS) is 11.9. The lowest BCUT2D eigenvalue weighted by Gasteiger charge is -2.18. The van der Waals surface area contributed by atoms with Crippen molar-refractivity contribution in [2.24, 2.45) is 7.05 Å². The molecule has 8 heteroatoms. The highest BCUT2D eigenvalue weighted by Crippen LogP contribution is 2.18. The number of amides is 2. The number of aromatic nitrogens is 2. The van der Waals surface area contributed by atoms with E-state index in [-0.39, 0.29) is 12.0 Å². The third kappa shape index (κ3) is 4.01. The van der Waals surface area contributed by atoms with Crippen molar-refractivity contribution >= 4 is 11.8 Å². The van der Waals surface area contributed by atoms with E-state index in [2.05, 4.69) is 15.7 Å². The van der Waals surface area contributed by atoms with Crippen LogP contribution in [0.1, 0.15) is 28.6 Å². The average molecular weight is 350 g/mol. The Morgan fingerprint density at radius 2 is 1.92 bits per heavy atom. The van der Waals surface area contributed by atoms with Crippen LogP contribution in [0.3, 0.4) is 0 Å². The van der Waals surface area contributed by atoms with Crippen LogP contribution in [0.5, 0.6) is 0 Å². The van der Waals surface area contributed by atoms with Crippen LogP contribution >= 0.6 is 0 Å². The molecular weight excluding hydrogens is 330 g/mol. The molecule has 2 aromatic rings. The van der Waals surface area contributed by atoms with Crippen molar-refractivity contribution in [3.05, 3.63) is 52.3 Å². The Bertz CT molecular complexity index is 817. The Balaban J connectivity index is 2.23. The molecule has 1 atom stereocenters. The summed E-state index contributed by atoms with van der Waals surface area (Å²) >= 11 is 0. The standard InChI is InChI=1S/C17H20F2N4O2/c1-9-12(10(2)23(4)22-9)8-15(24)21-16(17(25)20-3)11-5-6-13(18)14(19)7-11/h5-7,16H,8H2,1-4H3,(H,20,25)(H,21,24). The largest absolute Gasteiger partial charge is 0.357 e. The highest BCUT2D eigenvalue weighted by atomic mass is 19.2. The molecule has 0 bridgehead atoms. The first-order valence-electron chi connectivity index (χ1n) is 7.69. The lowest BCUT2D eigenvalue weighted by atomic mass is 10.0. The minimum absolute atomic E-state index is 0.0304. The van der Waals surface area contributed by atoms with Gasteiger partial charge >= 0.3 is 0 Å². The number of aryl methyl sites for hydroxylation is 2. The van der Waals surface area contributed by atoms with Gasteiger partial charge in [0.15, 0.2) is 11.6 Å². The Morgan fingerprint density at radius 3 is 2.44 bits per heavy atom. The summed E-state index contributed by atoms with van der Waals surface area (Å²) in [6.07, 6.45) is 0.0304. The van der Waals surface area contributed by atoms with Crippen LogP contribution in [0.15, 0.2) is 18.2 Å². The molecule has 0 spiro atoms. The number of rotatable bonds is 5. The topological polar surface area (TPSA) is 76.0 Å². The van der Waals surface area contributed by atoms with E-state index < -0.39 is 29.5 Å². The summed E-state index contributed by atoms with van der Waals surface area (Å²) in [4.78, 5) is 24.5. The van der Waals surface area contributed by atoms with E-state index in [0.717, 1.165) is 29.1 Å². The Hall–Kier alpha value is -2.77. The van der Waals surface area contributed by atoms with Crippen molar-refractivity contribution in [2.75, 3.05) is 7.05 Å². The molecule has 2 amide bonds. The van der Waals surface area contributed by atoms with Crippen molar-refractivity contribution in [3.8, 4) is 0 Å². The summed E-state index contributed by atoms with van der Waals surface area (Å²) in [6, 6.07) is 1.96. The van der Waals surface area contributed by atoms with Gasteiger partial charge < -0.3 is 10.6 Å². The zero-order chi connectivity index (χ0) is 18.7. The Labute approximate surface area is 144 Å². The summed E-state index contributed by atoms with van der Waals surface area (Å²) in [7, 11) is 3.18. The summed E-state index contributed by atoms with van der Waals surface area (Å²) in [6.45, 7) is 3.63. The molecule has 6 nitrogen and oxygen atoms in total. The molecule has 1 heterocycles. The van der Waals surface area contributed by atoms with Crippen LogP contribution in [-0.4, -0.2) is 28.6 Å². The van der Waals surface area contributed by atoms with E-state index in [0.29, 0.717) is 0 Å². The zero-order valence-corrected chi connectivity index (χ0v) is 14.5. The first kappa shape index (κ1) is 18.6. The predicted octanol–water partition coefficient (Wildman–Crippen LogP) is 1.46. The molecule has 1 unspecified atom stereocenters. The number of carbonyl (C=O) groups is 2. The van der Waals surface area contributed by atoms with Gasteiger partial charge in [0.1, 0.15) is 6.04 Å². The molecule has 1 aromatic carbocycles. The van der Waals surface area contributed by atoms with Crippen LogP contribution in [0.2, 0.25) is 0 Å². The van der Waals surface area contributed by atoms with Crippen molar-refractivity contribution in [1.82, 2.24) is 20.4 Å². The van der Waals surface area contributed by atoms with Gasteiger partial charge in [0, 0.05) is 25.4 Å². The number of nitrogens with zero attached hydrogens (tertiary/aromatic N) is 2. The van der Waals surface area contributed by atoms with E-state index in [4.69, 9.17) is 0 Å². The molecule has 2 N–H and O–H groups in total. The van der Waals surface area contributed by atoms with Gasteiger partial charge in [-0.05, 0) is 31.5 Å². The fourth-order valence-electron chi connectivity index (χ4n) is 2.58. The maximum atomic E-state index is 13.5. The van der Waals surface area contributed by atoms with Crippen LogP contribution in [0.25, 0.3) is 0 Å². The molecule has 0 radical (unpaired) electrons. The summed E-state index contributed by atoms with van der Waals surface area (Å²) in [5, 5.41) is 9.21. The molecule has 1 aromatic heterocycles. The first-order valence-corrected chi connectivity index (χ1v) is 7.69. The number of hydrogen-bond donors (Lipinski definition) is 2. The van der Waals surface area contributed by atoms with Gasteiger partial charge in [0.05, 0.1) is 12.1 Å². The smallest absolute Gasteiger partial charge is 0.246 e. The maximum Gasteiger partial charge on any atom is 0.246 e. The van der Waals surface area contributed by atoms with E-state index in [1.54, 1.807) is 18.7 Å². The van der Waals surface area contributed by atoms with Crippen LogP contribution in [0, 0.1) is 25.5 Å². The fraction of sp³-hybridized carbons (Fsp3) is 0.353. The van der Waals surface area contributed by atoms with Gasteiger partial charge in [0.2, 0.25) is 11.8 Å². The zero-order valence-electron chi connectivity index (χ0n) is 14.5. The molecule has 0 saturated carbocycles. The number of benzene rings is 1. The number of hydrogen-bond acceptors (Lipinski definition) is 3. The average Bonchev–Trinajstić information content (AvgIpc) is 2.81. The second-order valence-corrected chi connectivity index (χ2v) is 5.74. The van der Waals surface area contributed by atoms with Crippen LogP contribution in [-0.2, 0) is 23.1 Å². The number of carbonyl (C=O) groups excluding carboxylic acids is 2. The Kier molecular flexibility index (Phi) is 5.51. The Morgan fingerprint density at radius 1 is 1.24 bits per heavy atom. The third-order valence-corrected chi connectivity index (χ3v) is 4.09.